The Labute approximate surface area is 101 Å². The zero-order valence-corrected chi connectivity index (χ0v) is 9.94. The van der Waals surface area contributed by atoms with Gasteiger partial charge in [-0.05, 0) is 25.2 Å². The van der Waals surface area contributed by atoms with Gasteiger partial charge in [0.2, 0.25) is 0 Å². The average molecular weight is 233 g/mol. The van der Waals surface area contributed by atoms with Crippen LogP contribution >= 0.6 is 0 Å². The van der Waals surface area contributed by atoms with E-state index in [9.17, 15) is 4.79 Å². The highest BCUT2D eigenvalue weighted by Crippen LogP contribution is 2.04. The molecule has 0 aromatic heterocycles. The van der Waals surface area contributed by atoms with Crippen molar-refractivity contribution in [3.63, 3.8) is 0 Å². The molecule has 0 saturated carbocycles. The number of urea groups is 1. The second-order valence-electron chi connectivity index (χ2n) is 4.14. The standard InChI is InChI=1S/C12H17N4O/c1-15-7-9-16(10-8-15)14-12(17)13-11-5-3-2-4-6-11/h3-6H,7-10H2,1H3,(H2,13,14,17). The second-order valence-corrected chi connectivity index (χ2v) is 4.14. The largest absolute Gasteiger partial charge is 0.333 e. The maximum atomic E-state index is 11.7. The Morgan fingerprint density at radius 2 is 1.88 bits per heavy atom. The topological polar surface area (TPSA) is 47.6 Å². The number of benzene rings is 1. The third kappa shape index (κ3) is 3.72. The summed E-state index contributed by atoms with van der Waals surface area (Å²) >= 11 is 0. The maximum Gasteiger partial charge on any atom is 0.333 e. The molecule has 1 aromatic carbocycles. The summed E-state index contributed by atoms with van der Waals surface area (Å²) in [5, 5.41) is 4.71. The van der Waals surface area contributed by atoms with E-state index >= 15 is 0 Å². The summed E-state index contributed by atoms with van der Waals surface area (Å²) in [4.78, 5) is 13.9. The smallest absolute Gasteiger partial charge is 0.307 e. The first-order valence-electron chi connectivity index (χ1n) is 5.71. The van der Waals surface area contributed by atoms with Crippen molar-refractivity contribution in [3.8, 4) is 0 Å². The number of anilines is 1. The molecule has 0 spiro atoms. The Bertz CT molecular complexity index is 360. The molecule has 1 aliphatic heterocycles. The van der Waals surface area contributed by atoms with Crippen molar-refractivity contribution < 1.29 is 4.79 Å². The molecule has 0 atom stereocenters. The predicted molar refractivity (Wildman–Crippen MR) is 66.5 cm³/mol. The van der Waals surface area contributed by atoms with Gasteiger partial charge in [-0.15, -0.1) is 0 Å². The first-order chi connectivity index (χ1) is 8.24. The fourth-order valence-corrected chi connectivity index (χ4v) is 1.69. The summed E-state index contributed by atoms with van der Waals surface area (Å²) in [6.07, 6.45) is 0. The lowest BCUT2D eigenvalue weighted by Crippen LogP contribution is -2.53. The van der Waals surface area contributed by atoms with E-state index in [1.807, 2.05) is 17.1 Å². The molecule has 1 radical (unpaired) electrons. The van der Waals surface area contributed by atoms with E-state index in [4.69, 9.17) is 0 Å². The number of carbonyl (C=O) groups is 1. The summed E-state index contributed by atoms with van der Waals surface area (Å²) in [6.45, 7) is 3.65. The van der Waals surface area contributed by atoms with E-state index in [1.165, 1.54) is 0 Å². The SMILES string of the molecule is CN1CCN(NC(=O)Nc2cc[c]cc2)CC1. The number of hydrazine groups is 1. The Hall–Kier alpha value is -1.59. The Morgan fingerprint density at radius 3 is 2.53 bits per heavy atom. The molecule has 2 amide bonds. The van der Waals surface area contributed by atoms with Crippen LogP contribution < -0.4 is 10.7 Å². The van der Waals surface area contributed by atoms with Crippen LogP contribution in [-0.4, -0.2) is 49.2 Å². The van der Waals surface area contributed by atoms with Crippen molar-refractivity contribution in [1.29, 1.82) is 0 Å². The van der Waals surface area contributed by atoms with Crippen molar-refractivity contribution in [2.75, 3.05) is 38.5 Å². The Kier molecular flexibility index (Phi) is 3.95. The predicted octanol–water partition coefficient (Wildman–Crippen LogP) is 0.771. The minimum atomic E-state index is -0.194. The van der Waals surface area contributed by atoms with Gasteiger partial charge in [0.25, 0.3) is 0 Å². The summed E-state index contributed by atoms with van der Waals surface area (Å²) in [7, 11) is 2.08. The fourth-order valence-electron chi connectivity index (χ4n) is 1.69. The second kappa shape index (κ2) is 5.65. The van der Waals surface area contributed by atoms with Gasteiger partial charge in [-0.25, -0.2) is 9.80 Å². The molecular formula is C12H17N4O. The molecule has 2 N–H and O–H groups in total. The highest BCUT2D eigenvalue weighted by molar-refractivity contribution is 5.88. The number of hydrogen-bond donors (Lipinski definition) is 2. The van der Waals surface area contributed by atoms with Gasteiger partial charge < -0.3 is 10.2 Å². The lowest BCUT2D eigenvalue weighted by molar-refractivity contribution is 0.116. The summed E-state index contributed by atoms with van der Waals surface area (Å²) in [5.74, 6) is 0. The molecule has 0 aliphatic carbocycles. The molecule has 0 unspecified atom stereocenters. The maximum absolute atomic E-state index is 11.7. The van der Waals surface area contributed by atoms with E-state index in [-0.39, 0.29) is 6.03 Å². The van der Waals surface area contributed by atoms with Crippen LogP contribution in [0.4, 0.5) is 10.5 Å². The van der Waals surface area contributed by atoms with Crippen LogP contribution in [0.25, 0.3) is 0 Å². The molecule has 5 heteroatoms. The molecule has 1 saturated heterocycles. The van der Waals surface area contributed by atoms with E-state index < -0.39 is 0 Å². The Balaban J connectivity index is 1.78. The van der Waals surface area contributed by atoms with E-state index in [1.54, 1.807) is 12.1 Å². The number of likely N-dealkylation sites (N-methyl/N-ethyl adjacent to an activating group) is 1. The molecule has 1 aromatic rings. The van der Waals surface area contributed by atoms with Crippen LogP contribution in [0.5, 0.6) is 0 Å². The van der Waals surface area contributed by atoms with E-state index in [0.717, 1.165) is 31.9 Å². The first kappa shape index (κ1) is 11.9. The quantitative estimate of drug-likeness (QED) is 0.793. The minimum Gasteiger partial charge on any atom is -0.307 e. The number of nitrogens with one attached hydrogen (secondary N) is 2. The summed E-state index contributed by atoms with van der Waals surface area (Å²) in [5.41, 5.74) is 3.61. The molecule has 0 bridgehead atoms. The number of rotatable bonds is 2. The van der Waals surface area contributed by atoms with Gasteiger partial charge in [-0.1, -0.05) is 12.1 Å². The number of piperazine rings is 1. The van der Waals surface area contributed by atoms with Crippen molar-refractivity contribution in [2.24, 2.45) is 0 Å². The van der Waals surface area contributed by atoms with Crippen LogP contribution in [0.3, 0.4) is 0 Å². The average Bonchev–Trinajstić information content (AvgIpc) is 2.33. The minimum absolute atomic E-state index is 0.194. The van der Waals surface area contributed by atoms with Gasteiger partial charge in [-0.3, -0.25) is 5.43 Å². The monoisotopic (exact) mass is 233 g/mol. The van der Waals surface area contributed by atoms with Gasteiger partial charge in [0.1, 0.15) is 0 Å². The van der Waals surface area contributed by atoms with Gasteiger partial charge in [0, 0.05) is 31.9 Å². The first-order valence-corrected chi connectivity index (χ1v) is 5.71. The molecule has 1 fully saturated rings. The van der Waals surface area contributed by atoms with Crippen LogP contribution in [0, 0.1) is 6.07 Å². The molecule has 91 valence electrons. The van der Waals surface area contributed by atoms with Crippen molar-refractivity contribution in [1.82, 2.24) is 15.3 Å². The molecule has 5 nitrogen and oxygen atoms in total. The molecular weight excluding hydrogens is 216 g/mol. The zero-order valence-electron chi connectivity index (χ0n) is 9.94. The lowest BCUT2D eigenvalue weighted by Gasteiger charge is -2.32. The van der Waals surface area contributed by atoms with Crippen LogP contribution in [0.1, 0.15) is 0 Å². The molecule has 1 aliphatic rings. The highest BCUT2D eigenvalue weighted by atomic mass is 16.2. The van der Waals surface area contributed by atoms with E-state index in [2.05, 4.69) is 28.8 Å². The molecule has 2 rings (SSSR count). The van der Waals surface area contributed by atoms with Crippen LogP contribution in [0.2, 0.25) is 0 Å². The zero-order chi connectivity index (χ0) is 12.1. The molecule has 17 heavy (non-hydrogen) atoms. The number of nitrogens with zero attached hydrogens (tertiary/aromatic N) is 2. The lowest BCUT2D eigenvalue weighted by atomic mass is 10.3. The van der Waals surface area contributed by atoms with Crippen molar-refractivity contribution in [2.45, 2.75) is 0 Å². The van der Waals surface area contributed by atoms with Gasteiger partial charge in [0.15, 0.2) is 0 Å². The van der Waals surface area contributed by atoms with Crippen molar-refractivity contribution >= 4 is 11.7 Å². The van der Waals surface area contributed by atoms with Gasteiger partial charge in [-0.2, -0.15) is 0 Å². The Morgan fingerprint density at radius 1 is 1.24 bits per heavy atom. The van der Waals surface area contributed by atoms with E-state index in [0.29, 0.717) is 0 Å². The highest BCUT2D eigenvalue weighted by Gasteiger charge is 2.15. The third-order valence-electron chi connectivity index (χ3n) is 2.74. The number of amides is 2. The fraction of sp³-hybridized carbons (Fsp3) is 0.417. The normalized spacial score (nSPS) is 17.7. The van der Waals surface area contributed by atoms with Gasteiger partial charge >= 0.3 is 6.03 Å². The van der Waals surface area contributed by atoms with Crippen LogP contribution in [0.15, 0.2) is 24.3 Å². The molecule has 1 heterocycles. The number of carbonyl (C=O) groups excluding carboxylic acids is 1. The number of hydrogen-bond acceptors (Lipinski definition) is 3. The van der Waals surface area contributed by atoms with Crippen LogP contribution in [-0.2, 0) is 0 Å². The van der Waals surface area contributed by atoms with Crippen molar-refractivity contribution in [3.05, 3.63) is 30.3 Å². The van der Waals surface area contributed by atoms with Gasteiger partial charge in [0.05, 0.1) is 0 Å². The summed E-state index contributed by atoms with van der Waals surface area (Å²) < 4.78 is 0. The third-order valence-corrected chi connectivity index (χ3v) is 2.74. The summed E-state index contributed by atoms with van der Waals surface area (Å²) in [6, 6.07) is 9.87.